The number of hydrogen-bond acceptors (Lipinski definition) is 2. The van der Waals surface area contributed by atoms with E-state index in [0.29, 0.717) is 19.6 Å². The fourth-order valence-electron chi connectivity index (χ4n) is 4.85. The molecule has 6 nitrogen and oxygen atoms in total. The van der Waals surface area contributed by atoms with Crippen LogP contribution in [0.4, 0.5) is 0 Å². The number of carbonyl (C=O) groups is 1. The number of aryl methyl sites for hydroxylation is 2. The molecule has 0 atom stereocenters. The van der Waals surface area contributed by atoms with E-state index in [4.69, 9.17) is 5.10 Å². The van der Waals surface area contributed by atoms with Gasteiger partial charge in [0.25, 0.3) is 0 Å². The number of para-hydroxylation sites is 1. The molecule has 0 aliphatic carbocycles. The van der Waals surface area contributed by atoms with Crippen LogP contribution in [0.1, 0.15) is 22.4 Å². The summed E-state index contributed by atoms with van der Waals surface area (Å²) in [5, 5.41) is 6.13. The van der Waals surface area contributed by atoms with E-state index >= 15 is 0 Å². The summed E-state index contributed by atoms with van der Waals surface area (Å²) in [6, 6.07) is 20.7. The SMILES string of the molecule is Cc1ccc(-n2nc3c(c2-n2cccc2)CN(C(=O)Cn2ccc4ccccc42)C3)c(C)c1. The van der Waals surface area contributed by atoms with Crippen LogP contribution >= 0.6 is 0 Å². The highest BCUT2D eigenvalue weighted by Crippen LogP contribution is 2.32. The van der Waals surface area contributed by atoms with Gasteiger partial charge in [0.1, 0.15) is 12.4 Å². The maximum atomic E-state index is 13.2. The van der Waals surface area contributed by atoms with E-state index in [1.807, 2.05) is 57.0 Å². The molecule has 33 heavy (non-hydrogen) atoms. The Morgan fingerprint density at radius 3 is 2.58 bits per heavy atom. The molecule has 0 unspecified atom stereocenters. The van der Waals surface area contributed by atoms with E-state index in [2.05, 4.69) is 54.8 Å². The topological polar surface area (TPSA) is 48.0 Å². The first-order chi connectivity index (χ1) is 16.1. The van der Waals surface area contributed by atoms with Crippen molar-refractivity contribution in [3.63, 3.8) is 0 Å². The molecule has 5 aromatic rings. The van der Waals surface area contributed by atoms with Gasteiger partial charge in [-0.2, -0.15) is 5.10 Å². The minimum atomic E-state index is 0.103. The second kappa shape index (κ2) is 7.52. The molecule has 6 rings (SSSR count). The summed E-state index contributed by atoms with van der Waals surface area (Å²) < 4.78 is 6.15. The van der Waals surface area contributed by atoms with Gasteiger partial charge in [0.2, 0.25) is 5.91 Å². The third-order valence-electron chi connectivity index (χ3n) is 6.50. The van der Waals surface area contributed by atoms with Crippen molar-refractivity contribution in [2.24, 2.45) is 0 Å². The summed E-state index contributed by atoms with van der Waals surface area (Å²) in [6.07, 6.45) is 6.06. The van der Waals surface area contributed by atoms with Crippen molar-refractivity contribution in [3.05, 3.63) is 102 Å². The summed E-state index contributed by atoms with van der Waals surface area (Å²) in [7, 11) is 0. The third-order valence-corrected chi connectivity index (χ3v) is 6.50. The van der Waals surface area contributed by atoms with Crippen LogP contribution in [0.5, 0.6) is 0 Å². The molecule has 0 radical (unpaired) electrons. The molecular weight excluding hydrogens is 410 g/mol. The lowest BCUT2D eigenvalue weighted by atomic mass is 10.1. The van der Waals surface area contributed by atoms with Crippen LogP contribution in [0.15, 0.2) is 79.3 Å². The molecule has 2 aromatic carbocycles. The summed E-state index contributed by atoms with van der Waals surface area (Å²) in [4.78, 5) is 15.1. The van der Waals surface area contributed by atoms with Crippen LogP contribution in [0.3, 0.4) is 0 Å². The summed E-state index contributed by atoms with van der Waals surface area (Å²) >= 11 is 0. The quantitative estimate of drug-likeness (QED) is 0.408. The Labute approximate surface area is 192 Å². The zero-order valence-electron chi connectivity index (χ0n) is 18.8. The predicted molar refractivity (Wildman–Crippen MR) is 129 cm³/mol. The predicted octanol–water partition coefficient (Wildman–Crippen LogP) is 4.78. The van der Waals surface area contributed by atoms with Crippen LogP contribution in [-0.2, 0) is 24.4 Å². The third kappa shape index (κ3) is 3.26. The highest BCUT2D eigenvalue weighted by molar-refractivity contribution is 5.83. The Morgan fingerprint density at radius 1 is 0.939 bits per heavy atom. The smallest absolute Gasteiger partial charge is 0.243 e. The highest BCUT2D eigenvalue weighted by Gasteiger charge is 2.31. The molecule has 1 aliphatic rings. The number of hydrogen-bond donors (Lipinski definition) is 0. The zero-order chi connectivity index (χ0) is 22.5. The van der Waals surface area contributed by atoms with Crippen LogP contribution < -0.4 is 0 Å². The maximum absolute atomic E-state index is 13.2. The number of fused-ring (bicyclic) bond motifs is 2. The van der Waals surface area contributed by atoms with Gasteiger partial charge in [-0.1, -0.05) is 35.9 Å². The number of carbonyl (C=O) groups excluding carboxylic acids is 1. The Balaban J connectivity index is 1.34. The molecule has 0 saturated carbocycles. The lowest BCUT2D eigenvalue weighted by Gasteiger charge is -2.19. The number of rotatable bonds is 4. The van der Waals surface area contributed by atoms with Crippen molar-refractivity contribution in [1.29, 1.82) is 0 Å². The van der Waals surface area contributed by atoms with Gasteiger partial charge in [-0.3, -0.25) is 4.79 Å². The van der Waals surface area contributed by atoms with Crippen LogP contribution in [-0.4, -0.2) is 29.7 Å². The van der Waals surface area contributed by atoms with Crippen molar-refractivity contribution in [1.82, 2.24) is 23.8 Å². The molecule has 1 aliphatic heterocycles. The van der Waals surface area contributed by atoms with Gasteiger partial charge < -0.3 is 14.0 Å². The summed E-state index contributed by atoms with van der Waals surface area (Å²) in [5.41, 5.74) is 6.62. The molecule has 0 saturated heterocycles. The summed E-state index contributed by atoms with van der Waals surface area (Å²) in [6.45, 7) is 5.63. The van der Waals surface area contributed by atoms with Crippen LogP contribution in [0, 0.1) is 13.8 Å². The Hall–Kier alpha value is -4.06. The zero-order valence-corrected chi connectivity index (χ0v) is 18.8. The Morgan fingerprint density at radius 2 is 1.76 bits per heavy atom. The van der Waals surface area contributed by atoms with Crippen molar-refractivity contribution in [2.45, 2.75) is 33.5 Å². The van der Waals surface area contributed by atoms with Gasteiger partial charge in [-0.15, -0.1) is 0 Å². The van der Waals surface area contributed by atoms with E-state index in [1.165, 1.54) is 11.1 Å². The minimum absolute atomic E-state index is 0.103. The van der Waals surface area contributed by atoms with Gasteiger partial charge >= 0.3 is 0 Å². The van der Waals surface area contributed by atoms with E-state index in [0.717, 1.165) is 33.7 Å². The molecule has 1 amide bonds. The first kappa shape index (κ1) is 19.6. The summed E-state index contributed by atoms with van der Waals surface area (Å²) in [5.74, 6) is 1.11. The molecule has 0 spiro atoms. The fraction of sp³-hybridized carbons (Fsp3) is 0.185. The normalized spacial score (nSPS) is 13.1. The van der Waals surface area contributed by atoms with Gasteiger partial charge in [0, 0.05) is 29.7 Å². The fourth-order valence-corrected chi connectivity index (χ4v) is 4.85. The van der Waals surface area contributed by atoms with E-state index < -0.39 is 0 Å². The largest absolute Gasteiger partial charge is 0.338 e. The van der Waals surface area contributed by atoms with E-state index in [9.17, 15) is 4.79 Å². The minimum Gasteiger partial charge on any atom is -0.338 e. The van der Waals surface area contributed by atoms with Crippen molar-refractivity contribution in [2.75, 3.05) is 0 Å². The Bertz CT molecular complexity index is 1490. The molecule has 0 bridgehead atoms. The molecule has 0 fully saturated rings. The average Bonchev–Trinajstić information content (AvgIpc) is 3.57. The molecule has 6 heteroatoms. The van der Waals surface area contributed by atoms with Gasteiger partial charge in [-0.25, -0.2) is 4.68 Å². The van der Waals surface area contributed by atoms with Crippen LogP contribution in [0.2, 0.25) is 0 Å². The second-order valence-electron chi connectivity index (χ2n) is 8.79. The van der Waals surface area contributed by atoms with Gasteiger partial charge in [-0.05, 0) is 55.1 Å². The number of aromatic nitrogens is 4. The monoisotopic (exact) mass is 435 g/mol. The molecule has 164 valence electrons. The highest BCUT2D eigenvalue weighted by atomic mass is 16.2. The molecule has 0 N–H and O–H groups in total. The lowest BCUT2D eigenvalue weighted by molar-refractivity contribution is -0.132. The average molecular weight is 436 g/mol. The second-order valence-corrected chi connectivity index (χ2v) is 8.79. The van der Waals surface area contributed by atoms with Crippen molar-refractivity contribution in [3.8, 4) is 11.5 Å². The van der Waals surface area contributed by atoms with Crippen molar-refractivity contribution >= 4 is 16.8 Å². The lowest BCUT2D eigenvalue weighted by Crippen LogP contribution is -2.29. The molecular formula is C27H25N5O. The maximum Gasteiger partial charge on any atom is 0.243 e. The number of amides is 1. The van der Waals surface area contributed by atoms with E-state index in [1.54, 1.807) is 0 Å². The standard InChI is InChI=1S/C27H25N5O/c1-19-9-10-24(20(2)15-19)32-27(29-12-5-6-13-29)22-16-31(17-23(22)28-32)26(33)18-30-14-11-21-7-3-4-8-25(21)30/h3-15H,16-18H2,1-2H3. The van der Waals surface area contributed by atoms with Crippen LogP contribution in [0.25, 0.3) is 22.4 Å². The molecule has 3 aromatic heterocycles. The first-order valence-electron chi connectivity index (χ1n) is 11.2. The Kier molecular flexibility index (Phi) is 4.47. The van der Waals surface area contributed by atoms with Gasteiger partial charge in [0.15, 0.2) is 0 Å². The number of nitrogens with zero attached hydrogens (tertiary/aromatic N) is 5. The number of benzene rings is 2. The van der Waals surface area contributed by atoms with Gasteiger partial charge in [0.05, 0.1) is 24.5 Å². The van der Waals surface area contributed by atoms with E-state index in [-0.39, 0.29) is 5.91 Å². The molecule has 4 heterocycles. The van der Waals surface area contributed by atoms with Crippen molar-refractivity contribution < 1.29 is 4.79 Å². The first-order valence-corrected chi connectivity index (χ1v) is 11.2.